The number of hydrogen-bond donors (Lipinski definition) is 0. The molecule has 1 aliphatic heterocycles. The summed E-state index contributed by atoms with van der Waals surface area (Å²) in [4.78, 5) is 13.5. The minimum atomic E-state index is -0.491. The molecule has 0 bridgehead atoms. The first-order chi connectivity index (χ1) is 7.90. The Morgan fingerprint density at radius 2 is 2.12 bits per heavy atom. The smallest absolute Gasteiger partial charge is 0.416 e. The molecule has 0 N–H and O–H groups in total. The highest BCUT2D eigenvalue weighted by atomic mass is 16.6. The van der Waals surface area contributed by atoms with Crippen LogP contribution in [-0.2, 0) is 11.3 Å². The van der Waals surface area contributed by atoms with Gasteiger partial charge in [-0.15, -0.1) is 5.10 Å². The lowest BCUT2D eigenvalue weighted by atomic mass is 10.2. The van der Waals surface area contributed by atoms with E-state index in [-0.39, 0.29) is 6.09 Å². The molecule has 1 amide bonds. The van der Waals surface area contributed by atoms with Gasteiger partial charge in [0.05, 0.1) is 20.2 Å². The van der Waals surface area contributed by atoms with Crippen LogP contribution in [-0.4, -0.2) is 35.1 Å². The summed E-state index contributed by atoms with van der Waals surface area (Å²) in [7, 11) is 1.55. The summed E-state index contributed by atoms with van der Waals surface area (Å²) in [6.45, 7) is 6.79. The van der Waals surface area contributed by atoms with Crippen LogP contribution in [0.1, 0.15) is 20.8 Å². The van der Waals surface area contributed by atoms with Crippen LogP contribution >= 0.6 is 0 Å². The van der Waals surface area contributed by atoms with Crippen molar-refractivity contribution in [3.8, 4) is 5.88 Å². The highest BCUT2D eigenvalue weighted by Crippen LogP contribution is 2.27. The number of fused-ring (bicyclic) bond motifs is 1. The number of carbonyl (C=O) groups excluding carboxylic acids is 1. The third-order valence-corrected chi connectivity index (χ3v) is 2.37. The van der Waals surface area contributed by atoms with Crippen molar-refractivity contribution in [2.24, 2.45) is 0 Å². The number of nitrogens with zero attached hydrogens (tertiary/aromatic N) is 3. The molecule has 2 rings (SSSR count). The number of ether oxygens (including phenoxy) is 2. The van der Waals surface area contributed by atoms with Gasteiger partial charge in [-0.1, -0.05) is 0 Å². The molecule has 6 heteroatoms. The normalized spacial score (nSPS) is 14.7. The Labute approximate surface area is 100 Å². The zero-order valence-electron chi connectivity index (χ0n) is 10.6. The van der Waals surface area contributed by atoms with E-state index in [1.54, 1.807) is 22.8 Å². The molecular weight excluding hydrogens is 222 g/mol. The molecule has 0 atom stereocenters. The maximum Gasteiger partial charge on any atom is 0.416 e. The highest BCUT2D eigenvalue weighted by molar-refractivity contribution is 5.87. The number of aromatic nitrogens is 2. The summed E-state index contributed by atoms with van der Waals surface area (Å²) >= 11 is 0. The van der Waals surface area contributed by atoms with Gasteiger partial charge in [-0.25, -0.2) is 9.48 Å². The van der Waals surface area contributed by atoms with E-state index in [0.717, 1.165) is 5.82 Å². The van der Waals surface area contributed by atoms with Gasteiger partial charge in [-0.2, -0.15) is 0 Å². The molecule has 0 saturated carbocycles. The van der Waals surface area contributed by atoms with Crippen molar-refractivity contribution in [2.75, 3.05) is 18.6 Å². The van der Waals surface area contributed by atoms with Crippen molar-refractivity contribution >= 4 is 11.9 Å². The summed E-state index contributed by atoms with van der Waals surface area (Å²) < 4.78 is 12.1. The van der Waals surface area contributed by atoms with E-state index in [2.05, 4.69) is 5.10 Å². The van der Waals surface area contributed by atoms with Gasteiger partial charge in [0.2, 0.25) is 5.88 Å². The number of carbonyl (C=O) groups is 1. The average molecular weight is 239 g/mol. The fourth-order valence-electron chi connectivity index (χ4n) is 1.68. The molecule has 2 heterocycles. The van der Waals surface area contributed by atoms with Gasteiger partial charge in [-0.05, 0) is 20.8 Å². The molecule has 17 heavy (non-hydrogen) atoms. The quantitative estimate of drug-likeness (QED) is 0.747. The molecule has 1 aromatic rings. The fraction of sp³-hybridized carbons (Fsp3) is 0.636. The van der Waals surface area contributed by atoms with Crippen LogP contribution in [0.3, 0.4) is 0 Å². The lowest BCUT2D eigenvalue weighted by molar-refractivity contribution is 0.0584. The minimum Gasteiger partial charge on any atom is -0.480 e. The largest absolute Gasteiger partial charge is 0.480 e. The molecule has 0 saturated heterocycles. The summed E-state index contributed by atoms with van der Waals surface area (Å²) in [5.41, 5.74) is -0.491. The molecule has 0 aliphatic carbocycles. The minimum absolute atomic E-state index is 0.348. The SMILES string of the molecule is COc1cc2n(n1)CCN2C(=O)OC(C)(C)C. The third kappa shape index (κ3) is 2.35. The summed E-state index contributed by atoms with van der Waals surface area (Å²) in [6, 6.07) is 1.73. The first-order valence-electron chi connectivity index (χ1n) is 5.53. The summed E-state index contributed by atoms with van der Waals surface area (Å²) in [5.74, 6) is 1.23. The van der Waals surface area contributed by atoms with Crippen molar-refractivity contribution in [2.45, 2.75) is 32.9 Å². The van der Waals surface area contributed by atoms with Gasteiger partial charge in [0, 0.05) is 6.07 Å². The zero-order valence-corrected chi connectivity index (χ0v) is 10.6. The number of hydrogen-bond acceptors (Lipinski definition) is 4. The average Bonchev–Trinajstić information content (AvgIpc) is 2.71. The number of anilines is 1. The molecule has 94 valence electrons. The van der Waals surface area contributed by atoms with Crippen molar-refractivity contribution in [3.05, 3.63) is 6.07 Å². The van der Waals surface area contributed by atoms with E-state index in [1.165, 1.54) is 0 Å². The van der Waals surface area contributed by atoms with Gasteiger partial charge in [-0.3, -0.25) is 4.90 Å². The summed E-state index contributed by atoms with van der Waals surface area (Å²) in [5, 5.41) is 4.18. The van der Waals surface area contributed by atoms with E-state index in [4.69, 9.17) is 9.47 Å². The van der Waals surface area contributed by atoms with Crippen LogP contribution < -0.4 is 9.64 Å². The van der Waals surface area contributed by atoms with Crippen LogP contribution in [0, 0.1) is 0 Å². The second-order valence-electron chi connectivity index (χ2n) is 4.90. The Morgan fingerprint density at radius 1 is 1.41 bits per heavy atom. The third-order valence-electron chi connectivity index (χ3n) is 2.37. The van der Waals surface area contributed by atoms with Crippen LogP contribution in [0.5, 0.6) is 5.88 Å². The molecule has 6 nitrogen and oxygen atoms in total. The molecule has 1 aromatic heterocycles. The van der Waals surface area contributed by atoms with E-state index in [0.29, 0.717) is 19.0 Å². The molecule has 0 fully saturated rings. The maximum atomic E-state index is 11.9. The Morgan fingerprint density at radius 3 is 2.71 bits per heavy atom. The first kappa shape index (κ1) is 11.8. The predicted octanol–water partition coefficient (Wildman–Crippen LogP) is 1.65. The van der Waals surface area contributed by atoms with E-state index >= 15 is 0 Å². The van der Waals surface area contributed by atoms with Gasteiger partial charge in [0.15, 0.2) is 0 Å². The van der Waals surface area contributed by atoms with Gasteiger partial charge in [0.25, 0.3) is 0 Å². The Kier molecular flexibility index (Phi) is 2.73. The number of amides is 1. The standard InChI is InChI=1S/C11H17N3O3/c1-11(2,3)17-10(15)13-5-6-14-9(13)7-8(12-14)16-4/h7H,5-6H2,1-4H3. The predicted molar refractivity (Wildman–Crippen MR) is 62.4 cm³/mol. The van der Waals surface area contributed by atoms with Gasteiger partial charge in [0.1, 0.15) is 11.4 Å². The second-order valence-corrected chi connectivity index (χ2v) is 4.90. The molecule has 0 radical (unpaired) electrons. The topological polar surface area (TPSA) is 56.6 Å². The van der Waals surface area contributed by atoms with E-state index in [9.17, 15) is 4.79 Å². The second kappa shape index (κ2) is 3.94. The lowest BCUT2D eigenvalue weighted by Crippen LogP contribution is -2.35. The van der Waals surface area contributed by atoms with E-state index in [1.807, 2.05) is 20.8 Å². The van der Waals surface area contributed by atoms with Crippen molar-refractivity contribution < 1.29 is 14.3 Å². The Balaban J connectivity index is 2.15. The number of rotatable bonds is 1. The molecule has 1 aliphatic rings. The fourth-order valence-corrected chi connectivity index (χ4v) is 1.68. The summed E-state index contributed by atoms with van der Waals surface area (Å²) in [6.07, 6.45) is -0.348. The molecule has 0 unspecified atom stereocenters. The van der Waals surface area contributed by atoms with E-state index < -0.39 is 5.60 Å². The molecule has 0 aromatic carbocycles. The van der Waals surface area contributed by atoms with Crippen LogP contribution in [0.2, 0.25) is 0 Å². The van der Waals surface area contributed by atoms with Gasteiger partial charge < -0.3 is 9.47 Å². The van der Waals surface area contributed by atoms with Crippen molar-refractivity contribution in [1.82, 2.24) is 9.78 Å². The monoisotopic (exact) mass is 239 g/mol. The Hall–Kier alpha value is -1.72. The van der Waals surface area contributed by atoms with Gasteiger partial charge >= 0.3 is 6.09 Å². The zero-order chi connectivity index (χ0) is 12.6. The van der Waals surface area contributed by atoms with Crippen LogP contribution in [0.4, 0.5) is 10.6 Å². The lowest BCUT2D eigenvalue weighted by Gasteiger charge is -2.23. The van der Waals surface area contributed by atoms with Crippen LogP contribution in [0.15, 0.2) is 6.07 Å². The van der Waals surface area contributed by atoms with Crippen molar-refractivity contribution in [3.63, 3.8) is 0 Å². The Bertz CT molecular complexity index is 434. The maximum absolute atomic E-state index is 11.9. The van der Waals surface area contributed by atoms with Crippen molar-refractivity contribution in [1.29, 1.82) is 0 Å². The molecule has 0 spiro atoms. The van der Waals surface area contributed by atoms with Crippen LogP contribution in [0.25, 0.3) is 0 Å². The first-order valence-corrected chi connectivity index (χ1v) is 5.53. The molecular formula is C11H17N3O3. The number of methoxy groups -OCH3 is 1. The highest BCUT2D eigenvalue weighted by Gasteiger charge is 2.30.